The topological polar surface area (TPSA) is 71.1 Å². The van der Waals surface area contributed by atoms with Crippen LogP contribution in [0.15, 0.2) is 47.7 Å². The van der Waals surface area contributed by atoms with Crippen LogP contribution in [0.5, 0.6) is 5.75 Å². The van der Waals surface area contributed by atoms with Gasteiger partial charge in [-0.25, -0.2) is 4.79 Å². The van der Waals surface area contributed by atoms with Gasteiger partial charge in [-0.3, -0.25) is 4.57 Å². The molecule has 0 radical (unpaired) electrons. The van der Waals surface area contributed by atoms with Crippen molar-refractivity contribution >= 4 is 24.3 Å². The molecule has 3 rings (SSSR count). The summed E-state index contributed by atoms with van der Waals surface area (Å²) in [6.45, 7) is 1.62. The third-order valence-corrected chi connectivity index (χ3v) is 6.58. The fraction of sp³-hybridized carbons (Fsp3) is 0.278. The fourth-order valence-corrected chi connectivity index (χ4v) is 4.86. The van der Waals surface area contributed by atoms with Crippen molar-refractivity contribution in [2.75, 3.05) is 21.3 Å². The maximum Gasteiger partial charge on any atom is 0.344 e. The Morgan fingerprint density at radius 3 is 2.40 bits per heavy atom. The molecule has 132 valence electrons. The first-order valence-corrected chi connectivity index (χ1v) is 9.27. The largest absolute Gasteiger partial charge is 0.501 e. The van der Waals surface area contributed by atoms with Gasteiger partial charge in [0.25, 0.3) is 0 Å². The molecule has 2 aromatic rings. The number of rotatable bonds is 4. The van der Waals surface area contributed by atoms with E-state index >= 15 is 0 Å². The average molecular weight is 362 g/mol. The average Bonchev–Trinajstić information content (AvgIpc) is 2.65. The summed E-state index contributed by atoms with van der Waals surface area (Å²) in [4.78, 5) is 12.6. The van der Waals surface area contributed by atoms with Crippen molar-refractivity contribution < 1.29 is 27.9 Å². The summed E-state index contributed by atoms with van der Waals surface area (Å²) in [7, 11) is 0.349. The number of carbonyl (C=O) groups is 1. The van der Waals surface area contributed by atoms with Gasteiger partial charge in [-0.1, -0.05) is 30.3 Å². The van der Waals surface area contributed by atoms with Crippen LogP contribution in [0, 0.1) is 0 Å². The zero-order chi connectivity index (χ0) is 18.2. The minimum atomic E-state index is -3.69. The standard InChI is InChI=1S/C18H19O6P/c1-11(21-2)15-17(25(20,22-3)23-4)16-13-8-6-5-7-12(13)9-10-14(16)24-18(15)19/h5-10,17H,1-4H3/b15-11-. The van der Waals surface area contributed by atoms with Crippen molar-refractivity contribution in [2.45, 2.75) is 12.6 Å². The molecule has 0 fully saturated rings. The van der Waals surface area contributed by atoms with Gasteiger partial charge < -0.3 is 18.5 Å². The number of hydrogen-bond acceptors (Lipinski definition) is 6. The van der Waals surface area contributed by atoms with Crippen LogP contribution in [0.1, 0.15) is 18.1 Å². The van der Waals surface area contributed by atoms with Gasteiger partial charge in [0.15, 0.2) is 0 Å². The van der Waals surface area contributed by atoms with E-state index in [4.69, 9.17) is 18.5 Å². The summed E-state index contributed by atoms with van der Waals surface area (Å²) in [5, 5.41) is 1.74. The number of benzene rings is 2. The Labute approximate surface area is 145 Å². The van der Waals surface area contributed by atoms with Crippen molar-refractivity contribution in [3.8, 4) is 5.75 Å². The minimum absolute atomic E-state index is 0.137. The zero-order valence-corrected chi connectivity index (χ0v) is 15.3. The summed E-state index contributed by atoms with van der Waals surface area (Å²) < 4.78 is 34.6. The molecular weight excluding hydrogens is 343 g/mol. The van der Waals surface area contributed by atoms with Crippen LogP contribution in [0.4, 0.5) is 0 Å². The molecule has 0 bridgehead atoms. The number of hydrogen-bond donors (Lipinski definition) is 0. The van der Waals surface area contributed by atoms with Crippen molar-refractivity contribution in [3.05, 3.63) is 53.3 Å². The Morgan fingerprint density at radius 1 is 1.08 bits per heavy atom. The van der Waals surface area contributed by atoms with Gasteiger partial charge in [0.1, 0.15) is 17.2 Å². The molecule has 1 aliphatic rings. The van der Waals surface area contributed by atoms with E-state index < -0.39 is 19.2 Å². The Bertz CT molecular complexity index is 909. The highest BCUT2D eigenvalue weighted by Gasteiger charge is 2.48. The van der Waals surface area contributed by atoms with E-state index in [-0.39, 0.29) is 5.57 Å². The molecule has 0 saturated heterocycles. The Hall–Kier alpha value is -2.14. The SMILES string of the molecule is CO/C(C)=C1\C(=O)Oc2ccc3ccccc3c2C1P(=O)(OC)OC. The second-order valence-corrected chi connectivity index (χ2v) is 7.90. The lowest BCUT2D eigenvalue weighted by Crippen LogP contribution is -2.26. The first-order valence-electron chi connectivity index (χ1n) is 7.66. The third kappa shape index (κ3) is 2.76. The number of allylic oxidation sites excluding steroid dienone is 1. The van der Waals surface area contributed by atoms with Crippen LogP contribution in [0.25, 0.3) is 10.8 Å². The lowest BCUT2D eigenvalue weighted by Gasteiger charge is -2.32. The summed E-state index contributed by atoms with van der Waals surface area (Å²) >= 11 is 0. The lowest BCUT2D eigenvalue weighted by atomic mass is 9.94. The van der Waals surface area contributed by atoms with E-state index in [0.717, 1.165) is 10.8 Å². The van der Waals surface area contributed by atoms with E-state index in [1.165, 1.54) is 21.3 Å². The molecule has 6 nitrogen and oxygen atoms in total. The molecule has 1 atom stereocenters. The second-order valence-electron chi connectivity index (χ2n) is 5.57. The molecule has 0 amide bonds. The normalized spacial score (nSPS) is 19.4. The van der Waals surface area contributed by atoms with Crippen LogP contribution in [-0.4, -0.2) is 27.3 Å². The van der Waals surface area contributed by atoms with Gasteiger partial charge in [-0.2, -0.15) is 0 Å². The molecule has 25 heavy (non-hydrogen) atoms. The lowest BCUT2D eigenvalue weighted by molar-refractivity contribution is -0.131. The van der Waals surface area contributed by atoms with Gasteiger partial charge in [0.05, 0.1) is 12.7 Å². The summed E-state index contributed by atoms with van der Waals surface area (Å²) in [6.07, 6.45) is 0. The highest BCUT2D eigenvalue weighted by Crippen LogP contribution is 2.66. The Morgan fingerprint density at radius 2 is 1.76 bits per heavy atom. The van der Waals surface area contributed by atoms with Gasteiger partial charge >= 0.3 is 13.6 Å². The first kappa shape index (κ1) is 17.7. The Kier molecular flexibility index (Phi) is 4.69. The van der Waals surface area contributed by atoms with Gasteiger partial charge in [0, 0.05) is 19.8 Å². The second kappa shape index (κ2) is 6.64. The summed E-state index contributed by atoms with van der Waals surface area (Å²) in [5.74, 6) is 0.0278. The van der Waals surface area contributed by atoms with Gasteiger partial charge in [0.2, 0.25) is 0 Å². The van der Waals surface area contributed by atoms with Crippen LogP contribution < -0.4 is 4.74 Å². The van der Waals surface area contributed by atoms with Crippen molar-refractivity contribution in [1.82, 2.24) is 0 Å². The van der Waals surface area contributed by atoms with Crippen LogP contribution in [0.2, 0.25) is 0 Å². The van der Waals surface area contributed by atoms with E-state index in [9.17, 15) is 9.36 Å². The molecule has 2 aromatic carbocycles. The molecular formula is C18H19O6P. The number of methoxy groups -OCH3 is 1. The Balaban J connectivity index is 2.43. The number of esters is 1. The molecule has 1 unspecified atom stereocenters. The van der Waals surface area contributed by atoms with E-state index in [2.05, 4.69) is 0 Å². The predicted octanol–water partition coefficient (Wildman–Crippen LogP) is 4.21. The summed E-state index contributed by atoms with van der Waals surface area (Å²) in [6, 6.07) is 11.1. The first-order chi connectivity index (χ1) is 12.0. The van der Waals surface area contributed by atoms with E-state index in [0.29, 0.717) is 17.1 Å². The zero-order valence-electron chi connectivity index (χ0n) is 14.4. The number of fused-ring (bicyclic) bond motifs is 3. The molecule has 0 spiro atoms. The van der Waals surface area contributed by atoms with E-state index in [1.54, 1.807) is 13.0 Å². The van der Waals surface area contributed by atoms with Crippen LogP contribution in [-0.2, 0) is 23.1 Å². The van der Waals surface area contributed by atoms with Crippen molar-refractivity contribution in [2.24, 2.45) is 0 Å². The highest BCUT2D eigenvalue weighted by atomic mass is 31.2. The molecule has 0 aromatic heterocycles. The maximum atomic E-state index is 13.3. The molecule has 7 heteroatoms. The fourth-order valence-electron chi connectivity index (χ4n) is 3.11. The molecule has 0 N–H and O–H groups in total. The molecule has 1 heterocycles. The molecule has 1 aliphatic heterocycles. The van der Waals surface area contributed by atoms with Gasteiger partial charge in [-0.15, -0.1) is 0 Å². The van der Waals surface area contributed by atoms with Crippen LogP contribution >= 0.6 is 7.60 Å². The third-order valence-electron chi connectivity index (χ3n) is 4.41. The summed E-state index contributed by atoms with van der Waals surface area (Å²) in [5.41, 5.74) is -0.209. The number of carbonyl (C=O) groups excluding carboxylic acids is 1. The maximum absolute atomic E-state index is 13.3. The quantitative estimate of drug-likeness (QED) is 0.267. The van der Waals surface area contributed by atoms with Crippen molar-refractivity contribution in [1.29, 1.82) is 0 Å². The van der Waals surface area contributed by atoms with E-state index in [1.807, 2.05) is 30.3 Å². The molecule has 0 aliphatic carbocycles. The monoisotopic (exact) mass is 362 g/mol. The number of ether oxygens (including phenoxy) is 2. The van der Waals surface area contributed by atoms with Gasteiger partial charge in [-0.05, 0) is 23.8 Å². The minimum Gasteiger partial charge on any atom is -0.501 e. The smallest absolute Gasteiger partial charge is 0.344 e. The van der Waals surface area contributed by atoms with Crippen molar-refractivity contribution in [3.63, 3.8) is 0 Å². The highest BCUT2D eigenvalue weighted by molar-refractivity contribution is 7.54. The predicted molar refractivity (Wildman–Crippen MR) is 93.7 cm³/mol. The molecule has 0 saturated carbocycles. The van der Waals surface area contributed by atoms with Crippen LogP contribution in [0.3, 0.4) is 0 Å².